The first-order valence-electron chi connectivity index (χ1n) is 10.7. The second-order valence-electron chi connectivity index (χ2n) is 8.28. The van der Waals surface area contributed by atoms with Gasteiger partial charge in [0.2, 0.25) is 0 Å². The molecule has 146 valence electrons. The topological polar surface area (TPSA) is 12.0 Å². The highest BCUT2D eigenvalue weighted by Crippen LogP contribution is 2.39. The summed E-state index contributed by atoms with van der Waals surface area (Å²) in [5.41, 5.74) is 4.17. The average molecular weight is 452 g/mol. The van der Waals surface area contributed by atoms with Crippen LogP contribution in [0.5, 0.6) is 0 Å². The summed E-state index contributed by atoms with van der Waals surface area (Å²) >= 11 is 3.71. The third-order valence-electron chi connectivity index (χ3n) is 6.54. The van der Waals surface area contributed by atoms with Crippen molar-refractivity contribution in [2.24, 2.45) is 0 Å². The number of benzene rings is 5. The number of halogens is 1. The summed E-state index contributed by atoms with van der Waals surface area (Å²) in [6.07, 6.45) is 3.54. The van der Waals surface area contributed by atoms with Crippen molar-refractivity contribution in [1.82, 2.24) is 0 Å². The SMILES string of the molecule is Brc1cccc2c1ccc1c3c(ccc12)C(Nc1ccc2ccccc2c1)CCC3. The predicted octanol–water partition coefficient (Wildman–Crippen LogP) is 8.40. The van der Waals surface area contributed by atoms with Gasteiger partial charge in [-0.05, 0) is 80.9 Å². The van der Waals surface area contributed by atoms with Gasteiger partial charge in [-0.25, -0.2) is 0 Å². The lowest BCUT2D eigenvalue weighted by atomic mass is 9.83. The summed E-state index contributed by atoms with van der Waals surface area (Å²) < 4.78 is 1.16. The number of fused-ring (bicyclic) bond motifs is 6. The van der Waals surface area contributed by atoms with E-state index >= 15 is 0 Å². The number of hydrogen-bond donors (Lipinski definition) is 1. The van der Waals surface area contributed by atoms with E-state index in [1.54, 1.807) is 0 Å². The number of hydrogen-bond acceptors (Lipinski definition) is 1. The van der Waals surface area contributed by atoms with Crippen LogP contribution in [0.3, 0.4) is 0 Å². The molecule has 0 aromatic heterocycles. The van der Waals surface area contributed by atoms with Crippen molar-refractivity contribution in [3.63, 3.8) is 0 Å². The molecule has 0 fully saturated rings. The Labute approximate surface area is 184 Å². The molecular formula is C28H22BrN. The molecule has 0 bridgehead atoms. The second-order valence-corrected chi connectivity index (χ2v) is 9.13. The van der Waals surface area contributed by atoms with Crippen LogP contribution in [0.4, 0.5) is 5.69 Å². The Hall–Kier alpha value is -2.84. The van der Waals surface area contributed by atoms with Gasteiger partial charge in [0.25, 0.3) is 0 Å². The first kappa shape index (κ1) is 18.0. The number of aryl methyl sites for hydroxylation is 1. The molecule has 30 heavy (non-hydrogen) atoms. The van der Waals surface area contributed by atoms with Crippen LogP contribution in [0.25, 0.3) is 32.3 Å². The van der Waals surface area contributed by atoms with Gasteiger partial charge >= 0.3 is 0 Å². The van der Waals surface area contributed by atoms with Crippen LogP contribution in [0, 0.1) is 0 Å². The van der Waals surface area contributed by atoms with Crippen LogP contribution in [0.1, 0.15) is 30.0 Å². The van der Waals surface area contributed by atoms with Crippen LogP contribution < -0.4 is 5.32 Å². The van der Waals surface area contributed by atoms with Crippen LogP contribution >= 0.6 is 15.9 Å². The van der Waals surface area contributed by atoms with E-state index in [4.69, 9.17) is 0 Å². The lowest BCUT2D eigenvalue weighted by Gasteiger charge is -2.29. The molecule has 0 heterocycles. The van der Waals surface area contributed by atoms with Gasteiger partial charge in [0.15, 0.2) is 0 Å². The van der Waals surface area contributed by atoms with Gasteiger partial charge in [0.1, 0.15) is 0 Å². The molecule has 1 unspecified atom stereocenters. The highest BCUT2D eigenvalue weighted by atomic mass is 79.9. The smallest absolute Gasteiger partial charge is 0.0516 e. The zero-order chi connectivity index (χ0) is 20.1. The normalized spacial score (nSPS) is 16.1. The van der Waals surface area contributed by atoms with Crippen LogP contribution in [-0.2, 0) is 6.42 Å². The molecule has 6 rings (SSSR count). The molecule has 0 saturated heterocycles. The molecule has 2 heteroatoms. The van der Waals surface area contributed by atoms with E-state index in [-0.39, 0.29) is 0 Å². The molecule has 0 saturated carbocycles. The third kappa shape index (κ3) is 2.90. The fourth-order valence-corrected chi connectivity index (χ4v) is 5.59. The molecular weight excluding hydrogens is 430 g/mol. The van der Waals surface area contributed by atoms with Crippen molar-refractivity contribution >= 4 is 53.9 Å². The van der Waals surface area contributed by atoms with Gasteiger partial charge in [-0.1, -0.05) is 82.7 Å². The Morgan fingerprint density at radius 1 is 0.700 bits per heavy atom. The summed E-state index contributed by atoms with van der Waals surface area (Å²) in [4.78, 5) is 0. The molecule has 1 aliphatic carbocycles. The summed E-state index contributed by atoms with van der Waals surface area (Å²) in [7, 11) is 0. The molecule has 5 aromatic carbocycles. The molecule has 0 amide bonds. The summed E-state index contributed by atoms with van der Waals surface area (Å²) in [6.45, 7) is 0. The molecule has 0 spiro atoms. The maximum absolute atomic E-state index is 3.83. The summed E-state index contributed by atoms with van der Waals surface area (Å²) in [5, 5.41) is 11.8. The van der Waals surface area contributed by atoms with Gasteiger partial charge in [-0.2, -0.15) is 0 Å². The van der Waals surface area contributed by atoms with Crippen LogP contribution in [0.15, 0.2) is 89.4 Å². The lowest BCUT2D eigenvalue weighted by Crippen LogP contribution is -2.17. The Bertz CT molecular complexity index is 1420. The monoisotopic (exact) mass is 451 g/mol. The van der Waals surface area contributed by atoms with E-state index < -0.39 is 0 Å². The van der Waals surface area contributed by atoms with E-state index in [0.717, 1.165) is 10.9 Å². The van der Waals surface area contributed by atoms with Gasteiger partial charge in [-0.3, -0.25) is 0 Å². The van der Waals surface area contributed by atoms with E-state index in [0.29, 0.717) is 6.04 Å². The van der Waals surface area contributed by atoms with Gasteiger partial charge in [-0.15, -0.1) is 0 Å². The lowest BCUT2D eigenvalue weighted by molar-refractivity contribution is 0.604. The minimum Gasteiger partial charge on any atom is -0.378 e. The van der Waals surface area contributed by atoms with Crippen molar-refractivity contribution in [1.29, 1.82) is 0 Å². The summed E-state index contributed by atoms with van der Waals surface area (Å²) in [5.74, 6) is 0. The second kappa shape index (κ2) is 7.14. The molecule has 5 aromatic rings. The minimum absolute atomic E-state index is 0.359. The van der Waals surface area contributed by atoms with Crippen LogP contribution in [0.2, 0.25) is 0 Å². The Balaban J connectivity index is 1.44. The fourth-order valence-electron chi connectivity index (χ4n) is 5.09. The Kier molecular flexibility index (Phi) is 4.28. The molecule has 1 aliphatic rings. The zero-order valence-corrected chi connectivity index (χ0v) is 18.2. The Morgan fingerprint density at radius 3 is 2.43 bits per heavy atom. The largest absolute Gasteiger partial charge is 0.378 e. The highest BCUT2D eigenvalue weighted by Gasteiger charge is 2.22. The van der Waals surface area contributed by atoms with Crippen molar-refractivity contribution < 1.29 is 0 Å². The average Bonchev–Trinajstić information content (AvgIpc) is 2.79. The molecule has 0 radical (unpaired) electrons. The standard InChI is InChI=1S/C28H22BrN/c29-27-9-3-7-21-23-14-16-26-22(24(23)13-15-25(21)27)8-4-10-28(26)30-20-12-11-18-5-1-2-6-19(18)17-20/h1-3,5-7,9,11-17,28,30H,4,8,10H2. The van der Waals surface area contributed by atoms with Crippen molar-refractivity contribution in [2.45, 2.75) is 25.3 Å². The van der Waals surface area contributed by atoms with Crippen LogP contribution in [-0.4, -0.2) is 0 Å². The molecule has 0 aliphatic heterocycles. The minimum atomic E-state index is 0.359. The number of nitrogens with one attached hydrogen (secondary N) is 1. The quantitative estimate of drug-likeness (QED) is 0.265. The van der Waals surface area contributed by atoms with Gasteiger partial charge in [0, 0.05) is 10.2 Å². The highest BCUT2D eigenvalue weighted by molar-refractivity contribution is 9.10. The van der Waals surface area contributed by atoms with Gasteiger partial charge in [0.05, 0.1) is 6.04 Å². The number of anilines is 1. The van der Waals surface area contributed by atoms with E-state index in [9.17, 15) is 0 Å². The molecule has 1 N–H and O–H groups in total. The van der Waals surface area contributed by atoms with Gasteiger partial charge < -0.3 is 5.32 Å². The van der Waals surface area contributed by atoms with E-state index in [1.807, 2.05) is 0 Å². The predicted molar refractivity (Wildman–Crippen MR) is 132 cm³/mol. The molecule has 1 nitrogen and oxygen atoms in total. The molecule has 1 atom stereocenters. The van der Waals surface area contributed by atoms with Crippen molar-refractivity contribution in [3.8, 4) is 0 Å². The zero-order valence-electron chi connectivity index (χ0n) is 16.7. The maximum atomic E-state index is 3.83. The fraction of sp³-hybridized carbons (Fsp3) is 0.143. The third-order valence-corrected chi connectivity index (χ3v) is 7.23. The summed E-state index contributed by atoms with van der Waals surface area (Å²) in [6, 6.07) is 31.4. The van der Waals surface area contributed by atoms with Crippen molar-refractivity contribution in [3.05, 3.63) is 101 Å². The number of rotatable bonds is 2. The first-order valence-corrected chi connectivity index (χ1v) is 11.5. The maximum Gasteiger partial charge on any atom is 0.0516 e. The van der Waals surface area contributed by atoms with Crippen molar-refractivity contribution in [2.75, 3.05) is 5.32 Å². The van der Waals surface area contributed by atoms with E-state index in [1.165, 1.54) is 62.0 Å². The van der Waals surface area contributed by atoms with E-state index in [2.05, 4.69) is 106 Å². The Morgan fingerprint density at radius 2 is 1.50 bits per heavy atom. The first-order chi connectivity index (χ1) is 14.8.